The third-order valence-electron chi connectivity index (χ3n) is 3.25. The first-order valence-electron chi connectivity index (χ1n) is 5.88. The van der Waals surface area contributed by atoms with Crippen molar-refractivity contribution in [3.63, 3.8) is 0 Å². The summed E-state index contributed by atoms with van der Waals surface area (Å²) in [4.78, 5) is 2.40. The maximum Gasteiger partial charge on any atom is 0.0655 e. The minimum atomic E-state index is -0.00836. The standard InChI is InChI=1S/C13H20N2O/c1-3-15-7-6-11-8-10(4-5-13(11)15)12(14)9-16-2/h4-5,8,12H,3,6-7,9,14H2,1-2H3. The van der Waals surface area contributed by atoms with Gasteiger partial charge in [0.15, 0.2) is 0 Å². The molecule has 1 unspecified atom stereocenters. The van der Waals surface area contributed by atoms with Gasteiger partial charge in [0, 0.05) is 25.9 Å². The van der Waals surface area contributed by atoms with Crippen molar-refractivity contribution in [2.75, 3.05) is 31.7 Å². The van der Waals surface area contributed by atoms with Gasteiger partial charge in [0.25, 0.3) is 0 Å². The number of anilines is 1. The zero-order chi connectivity index (χ0) is 11.5. The summed E-state index contributed by atoms with van der Waals surface area (Å²) < 4.78 is 5.08. The molecule has 3 heteroatoms. The van der Waals surface area contributed by atoms with Crippen LogP contribution in [0.3, 0.4) is 0 Å². The van der Waals surface area contributed by atoms with Crippen molar-refractivity contribution in [1.82, 2.24) is 0 Å². The lowest BCUT2D eigenvalue weighted by Crippen LogP contribution is -2.19. The van der Waals surface area contributed by atoms with Crippen LogP contribution in [-0.2, 0) is 11.2 Å². The zero-order valence-corrected chi connectivity index (χ0v) is 10.1. The van der Waals surface area contributed by atoms with Gasteiger partial charge in [-0.15, -0.1) is 0 Å². The second kappa shape index (κ2) is 4.85. The normalized spacial score (nSPS) is 16.3. The van der Waals surface area contributed by atoms with Crippen LogP contribution in [0.25, 0.3) is 0 Å². The molecule has 16 heavy (non-hydrogen) atoms. The fourth-order valence-electron chi connectivity index (χ4n) is 2.32. The van der Waals surface area contributed by atoms with Gasteiger partial charge in [-0.2, -0.15) is 0 Å². The highest BCUT2D eigenvalue weighted by atomic mass is 16.5. The number of hydrogen-bond donors (Lipinski definition) is 1. The number of rotatable bonds is 4. The molecule has 1 aliphatic rings. The fraction of sp³-hybridized carbons (Fsp3) is 0.538. The second-order valence-electron chi connectivity index (χ2n) is 4.28. The lowest BCUT2D eigenvalue weighted by molar-refractivity contribution is 0.181. The molecule has 0 spiro atoms. The van der Waals surface area contributed by atoms with Gasteiger partial charge in [0.2, 0.25) is 0 Å². The highest BCUT2D eigenvalue weighted by Gasteiger charge is 2.18. The third-order valence-corrected chi connectivity index (χ3v) is 3.25. The molecule has 0 amide bonds. The molecule has 1 heterocycles. The molecule has 0 fully saturated rings. The van der Waals surface area contributed by atoms with Crippen LogP contribution >= 0.6 is 0 Å². The summed E-state index contributed by atoms with van der Waals surface area (Å²) in [6, 6.07) is 6.54. The lowest BCUT2D eigenvalue weighted by atomic mass is 10.0. The van der Waals surface area contributed by atoms with Gasteiger partial charge in [-0.1, -0.05) is 12.1 Å². The van der Waals surface area contributed by atoms with Crippen LogP contribution < -0.4 is 10.6 Å². The van der Waals surface area contributed by atoms with E-state index in [4.69, 9.17) is 10.5 Å². The molecule has 1 atom stereocenters. The van der Waals surface area contributed by atoms with Crippen molar-refractivity contribution in [1.29, 1.82) is 0 Å². The summed E-state index contributed by atoms with van der Waals surface area (Å²) in [6.45, 7) is 4.99. The topological polar surface area (TPSA) is 38.5 Å². The fourth-order valence-corrected chi connectivity index (χ4v) is 2.32. The Kier molecular flexibility index (Phi) is 3.46. The number of fused-ring (bicyclic) bond motifs is 1. The first-order chi connectivity index (χ1) is 7.76. The summed E-state index contributed by atoms with van der Waals surface area (Å²) in [6.07, 6.45) is 1.14. The summed E-state index contributed by atoms with van der Waals surface area (Å²) in [5.41, 5.74) is 10.0. The molecule has 88 valence electrons. The lowest BCUT2D eigenvalue weighted by Gasteiger charge is -2.17. The van der Waals surface area contributed by atoms with Crippen molar-refractivity contribution >= 4 is 5.69 Å². The maximum absolute atomic E-state index is 6.03. The Morgan fingerprint density at radius 2 is 2.31 bits per heavy atom. The van der Waals surface area contributed by atoms with Gasteiger partial charge in [-0.05, 0) is 30.5 Å². The van der Waals surface area contributed by atoms with E-state index in [9.17, 15) is 0 Å². The highest BCUT2D eigenvalue weighted by Crippen LogP contribution is 2.29. The predicted octanol–water partition coefficient (Wildman–Crippen LogP) is 1.72. The first-order valence-corrected chi connectivity index (χ1v) is 5.88. The van der Waals surface area contributed by atoms with E-state index in [1.54, 1.807) is 7.11 Å². The molecule has 0 bridgehead atoms. The van der Waals surface area contributed by atoms with Crippen LogP contribution in [0.1, 0.15) is 24.1 Å². The predicted molar refractivity (Wildman–Crippen MR) is 66.8 cm³/mol. The number of benzene rings is 1. The Hall–Kier alpha value is -1.06. The van der Waals surface area contributed by atoms with E-state index in [-0.39, 0.29) is 6.04 Å². The Bertz CT molecular complexity index is 365. The minimum Gasteiger partial charge on any atom is -0.383 e. The molecule has 0 saturated carbocycles. The number of ether oxygens (including phenoxy) is 1. The average Bonchev–Trinajstić information content (AvgIpc) is 2.71. The molecule has 2 rings (SSSR count). The molecule has 1 aromatic carbocycles. The Morgan fingerprint density at radius 3 is 3.00 bits per heavy atom. The van der Waals surface area contributed by atoms with Gasteiger partial charge in [0.05, 0.1) is 12.6 Å². The molecule has 1 aromatic rings. The molecule has 0 aliphatic carbocycles. The highest BCUT2D eigenvalue weighted by molar-refractivity contribution is 5.59. The van der Waals surface area contributed by atoms with Crippen molar-refractivity contribution in [2.45, 2.75) is 19.4 Å². The van der Waals surface area contributed by atoms with Crippen LogP contribution in [0.2, 0.25) is 0 Å². The SMILES string of the molecule is CCN1CCc2cc(C(N)COC)ccc21. The Labute approximate surface area is 97.2 Å². The quantitative estimate of drug-likeness (QED) is 0.839. The van der Waals surface area contributed by atoms with Crippen molar-refractivity contribution in [2.24, 2.45) is 5.73 Å². The largest absolute Gasteiger partial charge is 0.383 e. The smallest absolute Gasteiger partial charge is 0.0655 e. The van der Waals surface area contributed by atoms with Crippen molar-refractivity contribution in [3.8, 4) is 0 Å². The number of hydrogen-bond acceptors (Lipinski definition) is 3. The second-order valence-corrected chi connectivity index (χ2v) is 4.28. The molecule has 0 radical (unpaired) electrons. The average molecular weight is 220 g/mol. The van der Waals surface area contributed by atoms with Crippen LogP contribution in [0.15, 0.2) is 18.2 Å². The molecule has 1 aliphatic heterocycles. The first kappa shape index (κ1) is 11.4. The van der Waals surface area contributed by atoms with Gasteiger partial charge in [0.1, 0.15) is 0 Å². The van der Waals surface area contributed by atoms with Crippen molar-refractivity contribution < 1.29 is 4.74 Å². The molecule has 2 N–H and O–H groups in total. The molecule has 3 nitrogen and oxygen atoms in total. The summed E-state index contributed by atoms with van der Waals surface area (Å²) in [5, 5.41) is 0. The monoisotopic (exact) mass is 220 g/mol. The van der Waals surface area contributed by atoms with E-state index >= 15 is 0 Å². The maximum atomic E-state index is 6.03. The van der Waals surface area contributed by atoms with E-state index in [1.165, 1.54) is 16.8 Å². The number of nitrogens with two attached hydrogens (primary N) is 1. The van der Waals surface area contributed by atoms with Crippen LogP contribution in [0, 0.1) is 0 Å². The van der Waals surface area contributed by atoms with Gasteiger partial charge in [-0.25, -0.2) is 0 Å². The van der Waals surface area contributed by atoms with Crippen molar-refractivity contribution in [3.05, 3.63) is 29.3 Å². The minimum absolute atomic E-state index is 0.00836. The van der Waals surface area contributed by atoms with E-state index in [1.807, 2.05) is 0 Å². The zero-order valence-electron chi connectivity index (χ0n) is 10.1. The third kappa shape index (κ3) is 2.06. The summed E-state index contributed by atoms with van der Waals surface area (Å²) >= 11 is 0. The molecule has 0 aromatic heterocycles. The Morgan fingerprint density at radius 1 is 1.50 bits per heavy atom. The number of nitrogens with zero attached hydrogens (tertiary/aromatic N) is 1. The van der Waals surface area contributed by atoms with Crippen LogP contribution in [0.5, 0.6) is 0 Å². The van der Waals surface area contributed by atoms with E-state index in [2.05, 4.69) is 30.0 Å². The molecular formula is C13H20N2O. The van der Waals surface area contributed by atoms with E-state index in [0.29, 0.717) is 6.61 Å². The number of methoxy groups -OCH3 is 1. The summed E-state index contributed by atoms with van der Waals surface area (Å²) in [7, 11) is 1.69. The molecule has 0 saturated heterocycles. The Balaban J connectivity index is 2.21. The molecular weight excluding hydrogens is 200 g/mol. The van der Waals surface area contributed by atoms with Gasteiger partial charge < -0.3 is 15.4 Å². The van der Waals surface area contributed by atoms with Crippen LogP contribution in [0.4, 0.5) is 5.69 Å². The van der Waals surface area contributed by atoms with Gasteiger partial charge >= 0.3 is 0 Å². The van der Waals surface area contributed by atoms with Gasteiger partial charge in [-0.3, -0.25) is 0 Å². The summed E-state index contributed by atoms with van der Waals surface area (Å²) in [5.74, 6) is 0. The van der Waals surface area contributed by atoms with E-state index < -0.39 is 0 Å². The van der Waals surface area contributed by atoms with Crippen LogP contribution in [-0.4, -0.2) is 26.8 Å². The van der Waals surface area contributed by atoms with E-state index in [0.717, 1.165) is 19.5 Å². The number of likely N-dealkylation sites (N-methyl/N-ethyl adjacent to an activating group) is 1.